The molecular weight excluding hydrogens is 442 g/mol. The average Bonchev–Trinajstić information content (AvgIpc) is 3.53. The zero-order valence-electron chi connectivity index (χ0n) is 19.4. The molecule has 10 nitrogen and oxygen atoms in total. The summed E-state index contributed by atoms with van der Waals surface area (Å²) in [6.45, 7) is 3.81. The van der Waals surface area contributed by atoms with Crippen molar-refractivity contribution in [2.45, 2.75) is 32.6 Å². The smallest absolute Gasteiger partial charge is 0.224 e. The largest absolute Gasteiger partial charge is 0.355 e. The van der Waals surface area contributed by atoms with E-state index in [2.05, 4.69) is 40.3 Å². The molecule has 6 rings (SSSR count). The second-order valence-corrected chi connectivity index (χ2v) is 8.72. The Morgan fingerprint density at radius 3 is 2.83 bits per heavy atom. The van der Waals surface area contributed by atoms with Crippen LogP contribution in [0.1, 0.15) is 32.6 Å². The third-order valence-corrected chi connectivity index (χ3v) is 6.35. The highest BCUT2D eigenvalue weighted by molar-refractivity contribution is 5.96. The van der Waals surface area contributed by atoms with Crippen LogP contribution in [0.25, 0.3) is 44.7 Å². The van der Waals surface area contributed by atoms with Gasteiger partial charge in [0.15, 0.2) is 11.6 Å². The van der Waals surface area contributed by atoms with Gasteiger partial charge in [0.2, 0.25) is 5.91 Å². The monoisotopic (exact) mass is 467 g/mol. The molecule has 1 fully saturated rings. The highest BCUT2D eigenvalue weighted by Gasteiger charge is 2.20. The first-order valence-electron chi connectivity index (χ1n) is 11.9. The molecule has 3 N–H and O–H groups in total. The van der Waals surface area contributed by atoms with Gasteiger partial charge in [-0.1, -0.05) is 6.92 Å². The van der Waals surface area contributed by atoms with E-state index in [-0.39, 0.29) is 5.91 Å². The van der Waals surface area contributed by atoms with Crippen LogP contribution >= 0.6 is 0 Å². The van der Waals surface area contributed by atoms with Gasteiger partial charge in [-0.15, -0.1) is 0 Å². The fourth-order valence-corrected chi connectivity index (χ4v) is 4.52. The van der Waals surface area contributed by atoms with Crippen LogP contribution in [0.4, 0.5) is 11.5 Å². The second-order valence-electron chi connectivity index (χ2n) is 8.72. The predicted octanol–water partition coefficient (Wildman–Crippen LogP) is 4.30. The van der Waals surface area contributed by atoms with E-state index in [1.54, 1.807) is 18.6 Å². The molecule has 5 aromatic heterocycles. The van der Waals surface area contributed by atoms with Crippen molar-refractivity contribution in [3.8, 4) is 22.8 Å². The van der Waals surface area contributed by atoms with Crippen LogP contribution in [0.5, 0.6) is 0 Å². The van der Waals surface area contributed by atoms with Crippen molar-refractivity contribution in [3.05, 3.63) is 43.0 Å². The van der Waals surface area contributed by atoms with Crippen LogP contribution in [-0.4, -0.2) is 54.1 Å². The lowest BCUT2D eigenvalue weighted by Gasteiger charge is -2.27. The summed E-state index contributed by atoms with van der Waals surface area (Å²) >= 11 is 0. The molecule has 0 bridgehead atoms. The third kappa shape index (κ3) is 3.96. The van der Waals surface area contributed by atoms with Crippen LogP contribution in [0, 0.1) is 0 Å². The Balaban J connectivity index is 1.39. The van der Waals surface area contributed by atoms with Crippen molar-refractivity contribution >= 4 is 39.3 Å². The van der Waals surface area contributed by atoms with Crippen LogP contribution in [0.2, 0.25) is 0 Å². The third-order valence-electron chi connectivity index (χ3n) is 6.35. The lowest BCUT2D eigenvalue weighted by molar-refractivity contribution is -0.115. The molecule has 1 aliphatic heterocycles. The maximum atomic E-state index is 11.8. The summed E-state index contributed by atoms with van der Waals surface area (Å²) < 4.78 is 0. The zero-order valence-corrected chi connectivity index (χ0v) is 19.4. The van der Waals surface area contributed by atoms with Crippen molar-refractivity contribution in [1.82, 2.24) is 35.1 Å². The molecule has 0 radical (unpaired) electrons. The maximum Gasteiger partial charge on any atom is 0.224 e. The number of nitrogens with zero attached hydrogens (tertiary/aromatic N) is 6. The maximum absolute atomic E-state index is 11.8. The molecule has 5 aromatic rings. The number of hydrogen-bond acceptors (Lipinski definition) is 7. The Bertz CT molecular complexity index is 1530. The van der Waals surface area contributed by atoms with E-state index in [1.807, 2.05) is 31.3 Å². The molecule has 1 amide bonds. The molecule has 0 unspecified atom stereocenters. The Hall–Kier alpha value is -4.34. The number of fused-ring (bicyclic) bond motifs is 2. The normalized spacial score (nSPS) is 14.0. The SMILES string of the molecule is CCC(=O)Nc1cncc(-c2cc3c(-c4nc5c(N6CCCCC6)nccc5[nH]4)n[nH]c3cn2)c1. The molecule has 0 aromatic carbocycles. The van der Waals surface area contributed by atoms with Gasteiger partial charge in [0.05, 0.1) is 34.8 Å². The number of carbonyl (C=O) groups excluding carboxylic acids is 1. The Labute approximate surface area is 201 Å². The van der Waals surface area contributed by atoms with Gasteiger partial charge in [-0.3, -0.25) is 19.9 Å². The van der Waals surface area contributed by atoms with E-state index in [0.29, 0.717) is 23.6 Å². The first-order valence-corrected chi connectivity index (χ1v) is 11.9. The molecule has 1 saturated heterocycles. The van der Waals surface area contributed by atoms with Gasteiger partial charge in [-0.25, -0.2) is 9.97 Å². The highest BCUT2D eigenvalue weighted by Crippen LogP contribution is 2.32. The number of pyridine rings is 3. The molecule has 0 atom stereocenters. The molecule has 35 heavy (non-hydrogen) atoms. The van der Waals surface area contributed by atoms with Crippen LogP contribution < -0.4 is 10.2 Å². The van der Waals surface area contributed by atoms with E-state index in [4.69, 9.17) is 4.98 Å². The number of imidazole rings is 1. The average molecular weight is 468 g/mol. The molecule has 0 saturated carbocycles. The number of anilines is 2. The number of carbonyl (C=O) groups is 1. The lowest BCUT2D eigenvalue weighted by atomic mass is 10.1. The number of amides is 1. The topological polar surface area (TPSA) is 128 Å². The number of H-pyrrole nitrogens is 2. The van der Waals surface area contributed by atoms with E-state index >= 15 is 0 Å². The second kappa shape index (κ2) is 8.79. The molecule has 176 valence electrons. The van der Waals surface area contributed by atoms with Crippen LogP contribution in [0.15, 0.2) is 43.0 Å². The molecule has 0 spiro atoms. The molecular formula is C25H25N9O. The van der Waals surface area contributed by atoms with E-state index in [1.165, 1.54) is 19.3 Å². The minimum atomic E-state index is -0.0622. The molecule has 6 heterocycles. The summed E-state index contributed by atoms with van der Waals surface area (Å²) in [4.78, 5) is 35.9. The predicted molar refractivity (Wildman–Crippen MR) is 135 cm³/mol. The number of rotatable bonds is 5. The molecule has 1 aliphatic rings. The number of aromatic amines is 2. The number of aromatic nitrogens is 7. The van der Waals surface area contributed by atoms with Crippen molar-refractivity contribution < 1.29 is 4.79 Å². The summed E-state index contributed by atoms with van der Waals surface area (Å²) in [6.07, 6.45) is 10.9. The first kappa shape index (κ1) is 21.2. The number of nitrogens with one attached hydrogen (secondary N) is 3. The van der Waals surface area contributed by atoms with Crippen LogP contribution in [0.3, 0.4) is 0 Å². The van der Waals surface area contributed by atoms with Crippen molar-refractivity contribution in [3.63, 3.8) is 0 Å². The van der Waals surface area contributed by atoms with Gasteiger partial charge < -0.3 is 15.2 Å². The first-order chi connectivity index (χ1) is 17.2. The van der Waals surface area contributed by atoms with Gasteiger partial charge in [-0.05, 0) is 37.5 Å². The Morgan fingerprint density at radius 2 is 1.97 bits per heavy atom. The number of piperidine rings is 1. The van der Waals surface area contributed by atoms with Gasteiger partial charge in [-0.2, -0.15) is 5.10 Å². The summed E-state index contributed by atoms with van der Waals surface area (Å²) in [6, 6.07) is 5.78. The lowest BCUT2D eigenvalue weighted by Crippen LogP contribution is -2.30. The van der Waals surface area contributed by atoms with Gasteiger partial charge in [0, 0.05) is 42.9 Å². The quantitative estimate of drug-likeness (QED) is 0.351. The molecule has 10 heteroatoms. The van der Waals surface area contributed by atoms with Gasteiger partial charge >= 0.3 is 0 Å². The summed E-state index contributed by atoms with van der Waals surface area (Å²) in [7, 11) is 0. The fourth-order valence-electron chi connectivity index (χ4n) is 4.52. The number of hydrogen-bond donors (Lipinski definition) is 3. The Morgan fingerprint density at radius 1 is 1.09 bits per heavy atom. The van der Waals surface area contributed by atoms with Crippen molar-refractivity contribution in [2.75, 3.05) is 23.3 Å². The fraction of sp³-hybridized carbons (Fsp3) is 0.280. The Kier molecular flexibility index (Phi) is 5.32. The van der Waals surface area contributed by atoms with Crippen LogP contribution in [-0.2, 0) is 4.79 Å². The summed E-state index contributed by atoms with van der Waals surface area (Å²) in [5.74, 6) is 1.54. The summed E-state index contributed by atoms with van der Waals surface area (Å²) in [5.41, 5.74) is 5.48. The van der Waals surface area contributed by atoms with E-state index in [0.717, 1.165) is 52.1 Å². The van der Waals surface area contributed by atoms with Crippen molar-refractivity contribution in [2.24, 2.45) is 0 Å². The van der Waals surface area contributed by atoms with E-state index in [9.17, 15) is 4.79 Å². The minimum absolute atomic E-state index is 0.0622. The van der Waals surface area contributed by atoms with Gasteiger partial charge in [0.25, 0.3) is 0 Å². The van der Waals surface area contributed by atoms with Crippen molar-refractivity contribution in [1.29, 1.82) is 0 Å². The summed E-state index contributed by atoms with van der Waals surface area (Å²) in [5, 5.41) is 11.3. The zero-order chi connectivity index (χ0) is 23.8. The highest BCUT2D eigenvalue weighted by atomic mass is 16.1. The van der Waals surface area contributed by atoms with Gasteiger partial charge in [0.1, 0.15) is 11.2 Å². The standard InChI is InChI=1S/C25H25N9O/c1-2-21(35)29-16-10-15(12-26-13-16)19-11-17-20(14-28-19)32-33-22(17)24-30-18-6-7-27-25(23(18)31-24)34-8-4-3-5-9-34/h6-7,10-14H,2-5,8-9H2,1H3,(H,29,35)(H,30,31)(H,32,33). The molecule has 0 aliphatic carbocycles. The minimum Gasteiger partial charge on any atom is -0.355 e. The van der Waals surface area contributed by atoms with E-state index < -0.39 is 0 Å².